The molecule has 2 nitrogen and oxygen atoms in total. The number of pyridine rings is 1. The molecule has 0 saturated heterocycles. The van der Waals surface area contributed by atoms with Gasteiger partial charge in [0, 0.05) is 23.3 Å². The molecule has 3 aromatic rings. The predicted octanol–water partition coefficient (Wildman–Crippen LogP) is 3.91. The molecule has 0 amide bonds. The van der Waals surface area contributed by atoms with E-state index >= 15 is 0 Å². The maximum Gasteiger partial charge on any atom is 0.119 e. The van der Waals surface area contributed by atoms with Crippen LogP contribution in [-0.2, 0) is 0 Å². The van der Waals surface area contributed by atoms with Crippen molar-refractivity contribution in [2.24, 2.45) is 0 Å². The third-order valence-corrected chi connectivity index (χ3v) is 3.05. The molecule has 0 aliphatic rings. The van der Waals surface area contributed by atoms with Gasteiger partial charge in [0.25, 0.3) is 0 Å². The minimum absolute atomic E-state index is 0.862. The molecule has 0 aliphatic heterocycles. The Bertz CT molecular complexity index is 686. The van der Waals surface area contributed by atoms with Gasteiger partial charge in [0.05, 0.1) is 7.11 Å². The Balaban J connectivity index is 2.24. The van der Waals surface area contributed by atoms with E-state index in [2.05, 4.69) is 23.2 Å². The van der Waals surface area contributed by atoms with Crippen molar-refractivity contribution >= 4 is 10.8 Å². The molecule has 2 heteroatoms. The highest BCUT2D eigenvalue weighted by Gasteiger charge is 2.04. The number of ether oxygens (including phenoxy) is 1. The monoisotopic (exact) mass is 235 g/mol. The van der Waals surface area contributed by atoms with Crippen molar-refractivity contribution in [2.75, 3.05) is 7.11 Å². The van der Waals surface area contributed by atoms with Crippen molar-refractivity contribution in [1.29, 1.82) is 0 Å². The zero-order valence-corrected chi connectivity index (χ0v) is 10.1. The van der Waals surface area contributed by atoms with Crippen molar-refractivity contribution < 1.29 is 4.74 Å². The third kappa shape index (κ3) is 1.82. The van der Waals surface area contributed by atoms with E-state index in [0.29, 0.717) is 0 Å². The van der Waals surface area contributed by atoms with Gasteiger partial charge in [-0.05, 0) is 23.1 Å². The van der Waals surface area contributed by atoms with Crippen molar-refractivity contribution in [3.8, 4) is 16.9 Å². The van der Waals surface area contributed by atoms with E-state index in [1.165, 1.54) is 5.39 Å². The summed E-state index contributed by atoms with van der Waals surface area (Å²) >= 11 is 0. The van der Waals surface area contributed by atoms with E-state index < -0.39 is 0 Å². The van der Waals surface area contributed by atoms with Crippen molar-refractivity contribution in [3.05, 3.63) is 60.9 Å². The van der Waals surface area contributed by atoms with Crippen LogP contribution in [0.1, 0.15) is 0 Å². The summed E-state index contributed by atoms with van der Waals surface area (Å²) in [5.74, 6) is 0.862. The molecular formula is C16H13NO. The second-order valence-corrected chi connectivity index (χ2v) is 4.14. The normalized spacial score (nSPS) is 10.5. The van der Waals surface area contributed by atoms with Gasteiger partial charge in [0.2, 0.25) is 0 Å². The van der Waals surface area contributed by atoms with Gasteiger partial charge in [-0.3, -0.25) is 4.98 Å². The van der Waals surface area contributed by atoms with Crippen LogP contribution in [0.2, 0.25) is 0 Å². The fourth-order valence-electron chi connectivity index (χ4n) is 2.14. The summed E-state index contributed by atoms with van der Waals surface area (Å²) in [7, 11) is 1.68. The van der Waals surface area contributed by atoms with Crippen molar-refractivity contribution in [2.45, 2.75) is 0 Å². The Morgan fingerprint density at radius 3 is 2.72 bits per heavy atom. The molecule has 0 bridgehead atoms. The van der Waals surface area contributed by atoms with Gasteiger partial charge in [0.15, 0.2) is 0 Å². The smallest absolute Gasteiger partial charge is 0.119 e. The molecule has 0 fully saturated rings. The van der Waals surface area contributed by atoms with E-state index in [1.54, 1.807) is 7.11 Å². The first-order valence-electron chi connectivity index (χ1n) is 5.85. The summed E-state index contributed by atoms with van der Waals surface area (Å²) in [5, 5.41) is 2.36. The zero-order valence-electron chi connectivity index (χ0n) is 10.1. The fourth-order valence-corrected chi connectivity index (χ4v) is 2.14. The van der Waals surface area contributed by atoms with Crippen LogP contribution in [0.25, 0.3) is 21.9 Å². The highest BCUT2D eigenvalue weighted by molar-refractivity contribution is 5.95. The standard InChI is InChI=1S/C16H13NO/c1-18-14-7-4-6-12(9-14)16-11-17-10-13-5-2-3-8-15(13)16/h2-11H,1H3. The van der Waals surface area contributed by atoms with Crippen molar-refractivity contribution in [3.63, 3.8) is 0 Å². The Labute approximate surface area is 106 Å². The summed E-state index contributed by atoms with van der Waals surface area (Å²) in [6.07, 6.45) is 3.79. The molecule has 0 atom stereocenters. The van der Waals surface area contributed by atoms with E-state index in [0.717, 1.165) is 22.3 Å². The number of aromatic nitrogens is 1. The lowest BCUT2D eigenvalue weighted by molar-refractivity contribution is 0.415. The van der Waals surface area contributed by atoms with Crippen LogP contribution in [0.15, 0.2) is 60.9 Å². The first kappa shape index (κ1) is 10.8. The van der Waals surface area contributed by atoms with Crippen LogP contribution in [0, 0.1) is 0 Å². The summed E-state index contributed by atoms with van der Waals surface area (Å²) in [6.45, 7) is 0. The Hall–Kier alpha value is -2.35. The van der Waals surface area contributed by atoms with Crippen LogP contribution >= 0.6 is 0 Å². The number of methoxy groups -OCH3 is 1. The van der Waals surface area contributed by atoms with E-state index in [-0.39, 0.29) is 0 Å². The lowest BCUT2D eigenvalue weighted by Crippen LogP contribution is -1.86. The molecule has 3 rings (SSSR count). The quantitative estimate of drug-likeness (QED) is 0.671. The number of nitrogens with zero attached hydrogens (tertiary/aromatic N) is 1. The average molecular weight is 235 g/mol. The highest BCUT2D eigenvalue weighted by Crippen LogP contribution is 2.29. The van der Waals surface area contributed by atoms with Gasteiger partial charge in [-0.15, -0.1) is 0 Å². The second-order valence-electron chi connectivity index (χ2n) is 4.14. The number of fused-ring (bicyclic) bond motifs is 1. The topological polar surface area (TPSA) is 22.1 Å². The maximum absolute atomic E-state index is 5.27. The highest BCUT2D eigenvalue weighted by atomic mass is 16.5. The van der Waals surface area contributed by atoms with E-state index in [1.807, 2.05) is 42.7 Å². The van der Waals surface area contributed by atoms with Crippen molar-refractivity contribution in [1.82, 2.24) is 4.98 Å². The summed E-state index contributed by atoms with van der Waals surface area (Å²) in [6, 6.07) is 16.3. The number of rotatable bonds is 2. The van der Waals surface area contributed by atoms with Gasteiger partial charge in [-0.1, -0.05) is 36.4 Å². The summed E-state index contributed by atoms with van der Waals surface area (Å²) in [5.41, 5.74) is 2.26. The molecule has 1 aromatic heterocycles. The molecule has 0 aliphatic carbocycles. The lowest BCUT2D eigenvalue weighted by atomic mass is 10.0. The predicted molar refractivity (Wildman–Crippen MR) is 73.7 cm³/mol. The largest absolute Gasteiger partial charge is 0.497 e. The molecule has 2 aromatic carbocycles. The number of hydrogen-bond donors (Lipinski definition) is 0. The maximum atomic E-state index is 5.27. The van der Waals surface area contributed by atoms with Crippen LogP contribution in [0.3, 0.4) is 0 Å². The molecular weight excluding hydrogens is 222 g/mol. The molecule has 0 spiro atoms. The van der Waals surface area contributed by atoms with Gasteiger partial charge < -0.3 is 4.74 Å². The van der Waals surface area contributed by atoms with Crippen LogP contribution in [0.4, 0.5) is 0 Å². The third-order valence-electron chi connectivity index (χ3n) is 3.05. The molecule has 18 heavy (non-hydrogen) atoms. The molecule has 0 radical (unpaired) electrons. The van der Waals surface area contributed by atoms with E-state index in [9.17, 15) is 0 Å². The SMILES string of the molecule is COc1cccc(-c2cncc3ccccc23)c1. The number of hydrogen-bond acceptors (Lipinski definition) is 2. The molecule has 0 unspecified atom stereocenters. The van der Waals surface area contributed by atoms with Gasteiger partial charge >= 0.3 is 0 Å². The van der Waals surface area contributed by atoms with Gasteiger partial charge in [-0.2, -0.15) is 0 Å². The number of benzene rings is 2. The summed E-state index contributed by atoms with van der Waals surface area (Å²) in [4.78, 5) is 4.30. The van der Waals surface area contributed by atoms with Crippen LogP contribution in [0.5, 0.6) is 5.75 Å². The molecule has 88 valence electrons. The average Bonchev–Trinajstić information content (AvgIpc) is 2.47. The van der Waals surface area contributed by atoms with Crippen LogP contribution < -0.4 is 4.74 Å². The Morgan fingerprint density at radius 2 is 1.83 bits per heavy atom. The second kappa shape index (κ2) is 4.49. The molecule has 0 saturated carbocycles. The van der Waals surface area contributed by atoms with Gasteiger partial charge in [0.1, 0.15) is 5.75 Å². The molecule has 1 heterocycles. The first-order chi connectivity index (χ1) is 8.88. The zero-order chi connectivity index (χ0) is 12.4. The lowest BCUT2D eigenvalue weighted by Gasteiger charge is -2.07. The summed E-state index contributed by atoms with van der Waals surface area (Å²) < 4.78 is 5.27. The Morgan fingerprint density at radius 1 is 0.944 bits per heavy atom. The van der Waals surface area contributed by atoms with Crippen LogP contribution in [-0.4, -0.2) is 12.1 Å². The van der Waals surface area contributed by atoms with E-state index in [4.69, 9.17) is 4.74 Å². The Kier molecular flexibility index (Phi) is 2.69. The minimum Gasteiger partial charge on any atom is -0.497 e. The minimum atomic E-state index is 0.862. The fraction of sp³-hybridized carbons (Fsp3) is 0.0625. The van der Waals surface area contributed by atoms with Gasteiger partial charge in [-0.25, -0.2) is 0 Å². The molecule has 0 N–H and O–H groups in total. The first-order valence-corrected chi connectivity index (χ1v) is 5.85.